The molecule has 0 aromatic rings. The van der Waals surface area contributed by atoms with Crippen LogP contribution in [0, 0.1) is 0 Å². The molecule has 1 atom stereocenters. The Labute approximate surface area is 120 Å². The molecule has 2 saturated heterocycles. The van der Waals surface area contributed by atoms with Gasteiger partial charge in [-0.15, -0.1) is 0 Å². The van der Waals surface area contributed by atoms with E-state index < -0.39 is 5.60 Å². The first-order valence-corrected chi connectivity index (χ1v) is 7.39. The average molecular weight is 283 g/mol. The second kappa shape index (κ2) is 5.89. The van der Waals surface area contributed by atoms with E-state index >= 15 is 0 Å². The summed E-state index contributed by atoms with van der Waals surface area (Å²) < 4.78 is 5.47. The fourth-order valence-corrected chi connectivity index (χ4v) is 2.69. The molecule has 0 spiro atoms. The van der Waals surface area contributed by atoms with Gasteiger partial charge in [-0.2, -0.15) is 0 Å². The molecule has 2 aliphatic rings. The van der Waals surface area contributed by atoms with E-state index in [-0.39, 0.29) is 18.2 Å². The average Bonchev–Trinajstić information content (AvgIpc) is 2.73. The van der Waals surface area contributed by atoms with E-state index in [1.54, 1.807) is 9.80 Å². The fraction of sp³-hybridized carbons (Fsp3) is 0.857. The zero-order valence-corrected chi connectivity index (χ0v) is 12.6. The number of ether oxygens (including phenoxy) is 1. The number of rotatable bonds is 2. The number of nitrogens with zero attached hydrogens (tertiary/aromatic N) is 2. The molecule has 0 aromatic carbocycles. The van der Waals surface area contributed by atoms with Crippen LogP contribution >= 0.6 is 0 Å². The molecule has 2 fully saturated rings. The summed E-state index contributed by atoms with van der Waals surface area (Å²) in [5.41, 5.74) is -0.482. The molecule has 0 aliphatic carbocycles. The summed E-state index contributed by atoms with van der Waals surface area (Å²) in [6.07, 6.45) is 2.77. The maximum atomic E-state index is 12.3. The molecular weight excluding hydrogens is 258 g/mol. The van der Waals surface area contributed by atoms with Crippen molar-refractivity contribution in [2.75, 3.05) is 26.2 Å². The van der Waals surface area contributed by atoms with Gasteiger partial charge >= 0.3 is 12.1 Å². The van der Waals surface area contributed by atoms with Crippen LogP contribution < -0.4 is 5.32 Å². The van der Waals surface area contributed by atoms with E-state index in [9.17, 15) is 9.59 Å². The minimum atomic E-state index is -0.482. The Bertz CT molecular complexity index is 378. The van der Waals surface area contributed by atoms with Gasteiger partial charge in [0, 0.05) is 26.2 Å². The minimum Gasteiger partial charge on any atom is -0.444 e. The largest absolute Gasteiger partial charge is 0.444 e. The van der Waals surface area contributed by atoms with E-state index in [0.29, 0.717) is 13.1 Å². The van der Waals surface area contributed by atoms with Gasteiger partial charge in [0.1, 0.15) is 5.60 Å². The van der Waals surface area contributed by atoms with Gasteiger partial charge in [0.15, 0.2) is 0 Å². The van der Waals surface area contributed by atoms with Crippen molar-refractivity contribution in [1.29, 1.82) is 0 Å². The molecule has 6 nitrogen and oxygen atoms in total. The highest BCUT2D eigenvalue weighted by atomic mass is 16.6. The number of amides is 3. The number of likely N-dealkylation sites (tertiary alicyclic amines) is 1. The number of hydrogen-bond acceptors (Lipinski definition) is 3. The highest BCUT2D eigenvalue weighted by molar-refractivity contribution is 5.76. The van der Waals surface area contributed by atoms with Gasteiger partial charge in [-0.25, -0.2) is 9.59 Å². The second-order valence-corrected chi connectivity index (χ2v) is 6.50. The van der Waals surface area contributed by atoms with Gasteiger partial charge in [-0.05, 0) is 40.0 Å². The van der Waals surface area contributed by atoms with Crippen LogP contribution in [0.2, 0.25) is 0 Å². The Morgan fingerprint density at radius 3 is 2.70 bits per heavy atom. The second-order valence-electron chi connectivity index (χ2n) is 6.50. The van der Waals surface area contributed by atoms with Crippen LogP contribution in [0.4, 0.5) is 9.59 Å². The summed E-state index contributed by atoms with van der Waals surface area (Å²) in [5.74, 6) is 0. The molecule has 6 heteroatoms. The number of carbonyl (C=O) groups excluding carboxylic acids is 2. The molecule has 2 aliphatic heterocycles. The quantitative estimate of drug-likeness (QED) is 0.840. The van der Waals surface area contributed by atoms with Crippen LogP contribution in [0.1, 0.15) is 40.0 Å². The number of carbonyl (C=O) groups is 2. The van der Waals surface area contributed by atoms with Crippen molar-refractivity contribution < 1.29 is 14.3 Å². The highest BCUT2D eigenvalue weighted by Crippen LogP contribution is 2.21. The van der Waals surface area contributed by atoms with E-state index in [2.05, 4.69) is 5.32 Å². The smallest absolute Gasteiger partial charge is 0.410 e. The number of hydrogen-bond donors (Lipinski definition) is 1. The van der Waals surface area contributed by atoms with Gasteiger partial charge in [0.05, 0.1) is 6.04 Å². The molecule has 0 bridgehead atoms. The molecule has 0 saturated carbocycles. The standard InChI is InChI=1S/C14H25N3O3/c1-14(2,3)20-13(19)17-8-5-4-6-11(17)10-16-9-7-15-12(16)18/h11H,4-10H2,1-3H3,(H,15,18). The predicted octanol–water partition coefficient (Wildman–Crippen LogP) is 1.80. The summed E-state index contributed by atoms with van der Waals surface area (Å²) in [7, 11) is 0. The Balaban J connectivity index is 1.97. The molecule has 20 heavy (non-hydrogen) atoms. The lowest BCUT2D eigenvalue weighted by atomic mass is 10.0. The number of piperidine rings is 1. The van der Waals surface area contributed by atoms with Crippen LogP contribution in [0.5, 0.6) is 0 Å². The highest BCUT2D eigenvalue weighted by Gasteiger charge is 2.33. The van der Waals surface area contributed by atoms with Crippen LogP contribution in [-0.2, 0) is 4.74 Å². The molecule has 2 rings (SSSR count). The number of nitrogens with one attached hydrogen (secondary N) is 1. The molecule has 0 radical (unpaired) electrons. The van der Waals surface area contributed by atoms with E-state index in [1.807, 2.05) is 20.8 Å². The lowest BCUT2D eigenvalue weighted by Gasteiger charge is -2.38. The first-order valence-electron chi connectivity index (χ1n) is 7.39. The van der Waals surface area contributed by atoms with Crippen molar-refractivity contribution in [3.05, 3.63) is 0 Å². The van der Waals surface area contributed by atoms with Crippen molar-refractivity contribution in [2.45, 2.75) is 51.7 Å². The van der Waals surface area contributed by atoms with Gasteiger partial charge in [0.25, 0.3) is 0 Å². The third-order valence-corrected chi connectivity index (χ3v) is 3.63. The molecule has 114 valence electrons. The Hall–Kier alpha value is -1.46. The van der Waals surface area contributed by atoms with Crippen molar-refractivity contribution >= 4 is 12.1 Å². The van der Waals surface area contributed by atoms with Crippen LogP contribution in [0.25, 0.3) is 0 Å². The SMILES string of the molecule is CC(C)(C)OC(=O)N1CCCCC1CN1CCNC1=O. The van der Waals surface area contributed by atoms with Gasteiger partial charge < -0.3 is 19.9 Å². The van der Waals surface area contributed by atoms with Crippen LogP contribution in [-0.4, -0.2) is 59.7 Å². The molecular formula is C14H25N3O3. The Kier molecular flexibility index (Phi) is 4.40. The third-order valence-electron chi connectivity index (χ3n) is 3.63. The normalized spacial score (nSPS) is 23.8. The van der Waals surface area contributed by atoms with Crippen molar-refractivity contribution in [3.63, 3.8) is 0 Å². The lowest BCUT2D eigenvalue weighted by Crippen LogP contribution is -2.51. The maximum absolute atomic E-state index is 12.3. The Morgan fingerprint density at radius 2 is 2.10 bits per heavy atom. The number of urea groups is 1. The lowest BCUT2D eigenvalue weighted by molar-refractivity contribution is 0.00710. The summed E-state index contributed by atoms with van der Waals surface area (Å²) in [4.78, 5) is 27.5. The monoisotopic (exact) mass is 283 g/mol. The van der Waals surface area contributed by atoms with Crippen molar-refractivity contribution in [2.24, 2.45) is 0 Å². The predicted molar refractivity (Wildman–Crippen MR) is 75.6 cm³/mol. The summed E-state index contributed by atoms with van der Waals surface area (Å²) in [5, 5.41) is 2.79. The molecule has 3 amide bonds. The zero-order chi connectivity index (χ0) is 14.8. The van der Waals surface area contributed by atoms with Crippen LogP contribution in [0.15, 0.2) is 0 Å². The first-order chi connectivity index (χ1) is 9.37. The third kappa shape index (κ3) is 3.77. The van der Waals surface area contributed by atoms with Gasteiger partial charge in [0.2, 0.25) is 0 Å². The fourth-order valence-electron chi connectivity index (χ4n) is 2.69. The molecule has 1 unspecified atom stereocenters. The minimum absolute atomic E-state index is 0.0280. The Morgan fingerprint density at radius 1 is 1.35 bits per heavy atom. The van der Waals surface area contributed by atoms with E-state index in [0.717, 1.165) is 32.4 Å². The van der Waals surface area contributed by atoms with E-state index in [4.69, 9.17) is 4.74 Å². The zero-order valence-electron chi connectivity index (χ0n) is 12.6. The van der Waals surface area contributed by atoms with Crippen LogP contribution in [0.3, 0.4) is 0 Å². The van der Waals surface area contributed by atoms with Crippen molar-refractivity contribution in [1.82, 2.24) is 15.1 Å². The summed E-state index contributed by atoms with van der Waals surface area (Å²) in [6.45, 7) is 8.35. The maximum Gasteiger partial charge on any atom is 0.410 e. The van der Waals surface area contributed by atoms with E-state index in [1.165, 1.54) is 0 Å². The topological polar surface area (TPSA) is 61.9 Å². The van der Waals surface area contributed by atoms with Gasteiger partial charge in [-0.1, -0.05) is 0 Å². The van der Waals surface area contributed by atoms with Crippen molar-refractivity contribution in [3.8, 4) is 0 Å². The molecule has 2 heterocycles. The summed E-state index contributed by atoms with van der Waals surface area (Å²) >= 11 is 0. The summed E-state index contributed by atoms with van der Waals surface area (Å²) in [6, 6.07) is 0.0437. The first kappa shape index (κ1) is 14.9. The molecule has 1 N–H and O–H groups in total. The van der Waals surface area contributed by atoms with Gasteiger partial charge in [-0.3, -0.25) is 0 Å². The molecule has 0 aromatic heterocycles.